The van der Waals surface area contributed by atoms with Gasteiger partial charge in [0.1, 0.15) is 5.60 Å². The van der Waals surface area contributed by atoms with E-state index in [2.05, 4.69) is 0 Å². The molecule has 0 aliphatic carbocycles. The van der Waals surface area contributed by atoms with E-state index in [0.717, 1.165) is 0 Å². The number of rotatable bonds is 5. The minimum Gasteiger partial charge on any atom is -0.550 e. The summed E-state index contributed by atoms with van der Waals surface area (Å²) in [6, 6.07) is 0. The molecule has 0 aromatic rings. The van der Waals surface area contributed by atoms with Crippen molar-refractivity contribution in [2.45, 2.75) is 18.4 Å². The summed E-state index contributed by atoms with van der Waals surface area (Å²) in [5.74, 6) is -5.98. The van der Waals surface area contributed by atoms with Crippen LogP contribution >= 0.6 is 0 Å². The topological polar surface area (TPSA) is 141 Å². The van der Waals surface area contributed by atoms with Gasteiger partial charge in [0.15, 0.2) is 0 Å². The van der Waals surface area contributed by atoms with Crippen molar-refractivity contribution in [2.24, 2.45) is 0 Å². The van der Waals surface area contributed by atoms with Gasteiger partial charge in [-0.05, 0) is 0 Å². The Hall–Kier alpha value is -0.968. The number of hydrogen-bond donors (Lipinski definition) is 1. The molecule has 0 saturated carbocycles. The van der Waals surface area contributed by atoms with Crippen LogP contribution in [0.5, 0.6) is 0 Å². The number of carbonyl (C=O) groups is 3. The van der Waals surface area contributed by atoms with Gasteiger partial charge in [0.25, 0.3) is 0 Å². The molecule has 1 radical (unpaired) electrons. The van der Waals surface area contributed by atoms with Crippen LogP contribution in [0.2, 0.25) is 0 Å². The average Bonchev–Trinajstić information content (AvgIpc) is 1.82. The first-order chi connectivity index (χ1) is 5.78. The summed E-state index contributed by atoms with van der Waals surface area (Å²) in [7, 11) is 0. The third kappa shape index (κ3) is 4.91. The predicted octanol–water partition coefficient (Wildman–Crippen LogP) is -5.26. The van der Waals surface area contributed by atoms with Crippen LogP contribution in [0.1, 0.15) is 12.8 Å². The molecule has 14 heavy (non-hydrogen) atoms. The fourth-order valence-electron chi connectivity index (χ4n) is 0.684. The molecule has 0 amide bonds. The Kier molecular flexibility index (Phi) is 6.31. The second-order valence-electron chi connectivity index (χ2n) is 2.42. The van der Waals surface area contributed by atoms with Crippen LogP contribution in [0.4, 0.5) is 0 Å². The molecule has 0 spiro atoms. The molecule has 0 bridgehead atoms. The van der Waals surface area contributed by atoms with E-state index in [4.69, 9.17) is 5.11 Å². The van der Waals surface area contributed by atoms with Gasteiger partial charge in [-0.1, -0.05) is 0 Å². The molecular weight excluding hydrogens is 290 g/mol. The van der Waals surface area contributed by atoms with Crippen molar-refractivity contribution in [1.82, 2.24) is 0 Å². The van der Waals surface area contributed by atoms with Gasteiger partial charge in [0.2, 0.25) is 0 Å². The number of aliphatic carboxylic acids is 3. The largest absolute Gasteiger partial charge is 3.00 e. The Morgan fingerprint density at radius 2 is 1.29 bits per heavy atom. The Balaban J connectivity index is 0. The van der Waals surface area contributed by atoms with E-state index < -0.39 is 36.4 Å². The maximum atomic E-state index is 10.1. The predicted molar refractivity (Wildman–Crippen MR) is 29.2 cm³/mol. The van der Waals surface area contributed by atoms with Crippen molar-refractivity contribution in [3.8, 4) is 0 Å². The molecule has 0 rings (SSSR count). The number of hydrogen-bond acceptors (Lipinski definition) is 7. The smallest absolute Gasteiger partial charge is 0.550 e. The van der Waals surface area contributed by atoms with Crippen LogP contribution < -0.4 is 15.3 Å². The molecule has 1 N–H and O–H groups in total. The van der Waals surface area contributed by atoms with Gasteiger partial charge in [0.05, 0.1) is 5.97 Å². The zero-order chi connectivity index (χ0) is 10.6. The van der Waals surface area contributed by atoms with E-state index in [9.17, 15) is 29.7 Å². The summed E-state index contributed by atoms with van der Waals surface area (Å²) in [5, 5.41) is 38.9. The Morgan fingerprint density at radius 1 is 1.00 bits per heavy atom. The monoisotopic (exact) mass is 295 g/mol. The van der Waals surface area contributed by atoms with Gasteiger partial charge in [-0.3, -0.25) is 0 Å². The van der Waals surface area contributed by atoms with E-state index in [-0.39, 0.29) is 20.4 Å². The standard InChI is InChI=1S/C6H8O7.Pd/c7-3(8)1-6(13,5(11)12)2-4(9)10;/h13H,1-2H2,(H,7,8)(H,9,10)(H,11,12);/q;+3/p-3. The van der Waals surface area contributed by atoms with Gasteiger partial charge >= 0.3 is 20.4 Å². The van der Waals surface area contributed by atoms with E-state index in [1.54, 1.807) is 0 Å². The average molecular weight is 296 g/mol. The third-order valence-corrected chi connectivity index (χ3v) is 1.25. The molecule has 0 aliphatic rings. The fourth-order valence-corrected chi connectivity index (χ4v) is 0.684. The number of carboxylic acid groups (broad SMARTS) is 3. The Bertz CT molecular complexity index is 233. The molecule has 81 valence electrons. The quantitative estimate of drug-likeness (QED) is 0.499. The molecule has 0 saturated heterocycles. The summed E-state index contributed by atoms with van der Waals surface area (Å²) in [4.78, 5) is 30.0. The molecule has 0 heterocycles. The van der Waals surface area contributed by atoms with Gasteiger partial charge in [-0.2, -0.15) is 0 Å². The zero-order valence-corrected chi connectivity index (χ0v) is 8.18. The third-order valence-electron chi connectivity index (χ3n) is 1.25. The summed E-state index contributed by atoms with van der Waals surface area (Å²) < 4.78 is 0. The molecule has 8 heteroatoms. The van der Waals surface area contributed by atoms with E-state index in [1.807, 2.05) is 0 Å². The fraction of sp³-hybridized carbons (Fsp3) is 0.500. The second kappa shape index (κ2) is 5.70. The number of carbonyl (C=O) groups excluding carboxylic acids is 3. The van der Waals surface area contributed by atoms with E-state index in [1.165, 1.54) is 0 Å². The van der Waals surface area contributed by atoms with Crippen molar-refractivity contribution in [2.75, 3.05) is 0 Å². The SMILES string of the molecule is O=C([O-])CC(O)(CC(=O)[O-])C(=O)[O-].[Pd+3]. The van der Waals surface area contributed by atoms with Crippen LogP contribution in [0.25, 0.3) is 0 Å². The van der Waals surface area contributed by atoms with Gasteiger partial charge in [-0.15, -0.1) is 0 Å². The maximum absolute atomic E-state index is 10.1. The van der Waals surface area contributed by atoms with Gasteiger partial charge in [-0.25, -0.2) is 0 Å². The maximum Gasteiger partial charge on any atom is 3.00 e. The molecular formula is C6H5O7Pd. The molecule has 0 aromatic carbocycles. The van der Waals surface area contributed by atoms with Crippen LogP contribution in [-0.2, 0) is 34.8 Å². The minimum absolute atomic E-state index is 0. The first kappa shape index (κ1) is 15.5. The summed E-state index contributed by atoms with van der Waals surface area (Å²) >= 11 is 0. The van der Waals surface area contributed by atoms with Gasteiger partial charge in [0, 0.05) is 24.8 Å². The molecule has 7 nitrogen and oxygen atoms in total. The molecule has 0 unspecified atom stereocenters. The Labute approximate surface area is 92.0 Å². The first-order valence-electron chi connectivity index (χ1n) is 3.11. The van der Waals surface area contributed by atoms with Crippen LogP contribution in [0.3, 0.4) is 0 Å². The van der Waals surface area contributed by atoms with Crippen LogP contribution in [0.15, 0.2) is 0 Å². The van der Waals surface area contributed by atoms with Crippen molar-refractivity contribution in [1.29, 1.82) is 0 Å². The molecule has 0 aromatic heterocycles. The minimum atomic E-state index is -2.97. The summed E-state index contributed by atoms with van der Waals surface area (Å²) in [5.41, 5.74) is -2.97. The molecule has 0 aliphatic heterocycles. The summed E-state index contributed by atoms with van der Waals surface area (Å²) in [6.45, 7) is 0. The molecule has 0 fully saturated rings. The van der Waals surface area contributed by atoms with Crippen molar-refractivity contribution in [3.63, 3.8) is 0 Å². The van der Waals surface area contributed by atoms with Gasteiger partial charge < -0.3 is 34.8 Å². The summed E-state index contributed by atoms with van der Waals surface area (Å²) in [6.07, 6.45) is -2.72. The van der Waals surface area contributed by atoms with Crippen molar-refractivity contribution in [3.05, 3.63) is 0 Å². The Morgan fingerprint density at radius 3 is 1.43 bits per heavy atom. The number of carboxylic acids is 3. The second-order valence-corrected chi connectivity index (χ2v) is 2.42. The zero-order valence-electron chi connectivity index (χ0n) is 6.63. The van der Waals surface area contributed by atoms with Crippen LogP contribution in [0, 0.1) is 0 Å². The molecule has 0 atom stereocenters. The van der Waals surface area contributed by atoms with Crippen molar-refractivity contribution >= 4 is 17.9 Å². The van der Waals surface area contributed by atoms with Crippen LogP contribution in [-0.4, -0.2) is 28.6 Å². The van der Waals surface area contributed by atoms with Crippen molar-refractivity contribution < 1.29 is 55.2 Å². The van der Waals surface area contributed by atoms with E-state index >= 15 is 0 Å². The first-order valence-corrected chi connectivity index (χ1v) is 3.11. The normalized spacial score (nSPS) is 10.1. The van der Waals surface area contributed by atoms with E-state index in [0.29, 0.717) is 0 Å². The number of aliphatic hydroxyl groups is 1.